The number of hydrogen-bond donors (Lipinski definition) is 3. The highest BCUT2D eigenvalue weighted by Crippen LogP contribution is 2.20. The van der Waals surface area contributed by atoms with E-state index in [-0.39, 0.29) is 11.3 Å². The molecule has 0 heterocycles. The predicted octanol–water partition coefficient (Wildman–Crippen LogP) is 1.56. The molecule has 2 atom stereocenters. The average Bonchev–Trinajstić information content (AvgIpc) is 2.50. The molecule has 9 heteroatoms. The molecular formula is C16H26FNO5SSi. The van der Waals surface area contributed by atoms with Gasteiger partial charge in [-0.1, -0.05) is 12.1 Å². The van der Waals surface area contributed by atoms with E-state index in [2.05, 4.69) is 5.32 Å². The zero-order valence-corrected chi connectivity index (χ0v) is 16.5. The van der Waals surface area contributed by atoms with Gasteiger partial charge in [0.05, 0.1) is 10.9 Å². The second-order valence-electron chi connectivity index (χ2n) is 6.78. The van der Waals surface area contributed by atoms with Crippen LogP contribution in [0.2, 0.25) is 19.1 Å². The maximum absolute atomic E-state index is 13.2. The highest BCUT2D eigenvalue weighted by molar-refractivity contribution is 7.90. The van der Waals surface area contributed by atoms with Crippen LogP contribution < -0.4 is 5.32 Å². The van der Waals surface area contributed by atoms with Gasteiger partial charge in [0.15, 0.2) is 18.2 Å². The van der Waals surface area contributed by atoms with Gasteiger partial charge in [0.25, 0.3) is 0 Å². The van der Waals surface area contributed by atoms with Gasteiger partial charge in [-0.05, 0) is 43.3 Å². The summed E-state index contributed by atoms with van der Waals surface area (Å²) in [5.41, 5.74) is 0.319. The Bertz CT molecular complexity index is 673. The lowest BCUT2D eigenvalue weighted by Gasteiger charge is -2.22. The van der Waals surface area contributed by atoms with E-state index in [9.17, 15) is 27.5 Å². The largest absolute Gasteiger partial charge is 0.432 e. The van der Waals surface area contributed by atoms with Gasteiger partial charge in [-0.15, -0.1) is 0 Å². The minimum absolute atomic E-state index is 0.0973. The molecule has 0 radical (unpaired) electrons. The Morgan fingerprint density at radius 2 is 1.84 bits per heavy atom. The molecule has 1 amide bonds. The van der Waals surface area contributed by atoms with Crippen LogP contribution in [-0.2, 0) is 14.6 Å². The van der Waals surface area contributed by atoms with Gasteiger partial charge in [-0.2, -0.15) is 0 Å². The monoisotopic (exact) mass is 391 g/mol. The van der Waals surface area contributed by atoms with Crippen molar-refractivity contribution >= 4 is 24.1 Å². The first-order chi connectivity index (χ1) is 11.4. The SMILES string of the molecule is C[Si](C)(O)CCCC(=O)NC(CF)C(O)c1ccc(S(C)(=O)=O)cc1. The minimum Gasteiger partial charge on any atom is -0.432 e. The smallest absolute Gasteiger partial charge is 0.220 e. The molecule has 0 aliphatic rings. The molecule has 3 N–H and O–H groups in total. The van der Waals surface area contributed by atoms with Crippen LogP contribution in [0.15, 0.2) is 29.2 Å². The number of sulfone groups is 1. The number of alkyl halides is 1. The molecule has 1 aromatic carbocycles. The van der Waals surface area contributed by atoms with Crippen molar-refractivity contribution in [2.45, 2.75) is 49.0 Å². The Morgan fingerprint density at radius 1 is 1.28 bits per heavy atom. The first-order valence-electron chi connectivity index (χ1n) is 8.00. The van der Waals surface area contributed by atoms with E-state index in [1.54, 1.807) is 13.1 Å². The third-order valence-corrected chi connectivity index (χ3v) is 6.44. The molecule has 0 aliphatic heterocycles. The van der Waals surface area contributed by atoms with Crippen LogP contribution in [0.25, 0.3) is 0 Å². The Hall–Kier alpha value is -1.29. The fourth-order valence-corrected chi connectivity index (χ4v) is 3.98. The van der Waals surface area contributed by atoms with Crippen molar-refractivity contribution in [3.05, 3.63) is 29.8 Å². The molecule has 0 saturated heterocycles. The molecule has 0 aromatic heterocycles. The maximum atomic E-state index is 13.2. The van der Waals surface area contributed by atoms with Crippen LogP contribution >= 0.6 is 0 Å². The third kappa shape index (κ3) is 7.64. The quantitative estimate of drug-likeness (QED) is 0.554. The topological polar surface area (TPSA) is 104 Å². The number of aliphatic hydroxyl groups is 1. The van der Waals surface area contributed by atoms with Crippen LogP contribution in [0.3, 0.4) is 0 Å². The molecule has 0 saturated carbocycles. The molecule has 2 unspecified atom stereocenters. The van der Waals surface area contributed by atoms with Crippen molar-refractivity contribution in [3.63, 3.8) is 0 Å². The molecular weight excluding hydrogens is 365 g/mol. The summed E-state index contributed by atoms with van der Waals surface area (Å²) < 4.78 is 36.1. The molecule has 1 rings (SSSR count). The number of amides is 1. The van der Waals surface area contributed by atoms with Crippen molar-refractivity contribution in [3.8, 4) is 0 Å². The van der Waals surface area contributed by atoms with E-state index in [1.165, 1.54) is 24.3 Å². The predicted molar refractivity (Wildman–Crippen MR) is 96.2 cm³/mol. The van der Waals surface area contributed by atoms with Crippen molar-refractivity contribution < 1.29 is 27.5 Å². The number of hydrogen-bond acceptors (Lipinski definition) is 5. The number of nitrogens with one attached hydrogen (secondary N) is 1. The van der Waals surface area contributed by atoms with Gasteiger partial charge >= 0.3 is 0 Å². The lowest BCUT2D eigenvalue weighted by molar-refractivity contribution is -0.122. The number of benzene rings is 1. The van der Waals surface area contributed by atoms with Gasteiger partial charge in [0, 0.05) is 12.7 Å². The van der Waals surface area contributed by atoms with Crippen LogP contribution in [0.5, 0.6) is 0 Å². The average molecular weight is 392 g/mol. The van der Waals surface area contributed by atoms with E-state index in [4.69, 9.17) is 0 Å². The van der Waals surface area contributed by atoms with Crippen molar-refractivity contribution in [1.29, 1.82) is 0 Å². The van der Waals surface area contributed by atoms with Gasteiger partial charge in [0.1, 0.15) is 12.8 Å². The Labute approximate surface area is 149 Å². The first-order valence-corrected chi connectivity index (χ1v) is 13.0. The molecule has 0 bridgehead atoms. The fourth-order valence-electron chi connectivity index (χ4n) is 2.31. The van der Waals surface area contributed by atoms with E-state index in [1.807, 2.05) is 0 Å². The summed E-state index contributed by atoms with van der Waals surface area (Å²) in [6.07, 6.45) is 0.429. The second kappa shape index (κ2) is 8.88. The number of aliphatic hydroxyl groups excluding tert-OH is 1. The zero-order valence-electron chi connectivity index (χ0n) is 14.7. The Kier molecular flexibility index (Phi) is 7.73. The molecule has 0 aliphatic carbocycles. The summed E-state index contributed by atoms with van der Waals surface area (Å²) >= 11 is 0. The lowest BCUT2D eigenvalue weighted by atomic mass is 10.0. The summed E-state index contributed by atoms with van der Waals surface area (Å²) in [4.78, 5) is 21.7. The minimum atomic E-state index is -3.36. The normalized spacial score (nSPS) is 14.8. The Balaban J connectivity index is 2.68. The number of carbonyl (C=O) groups excluding carboxylic acids is 1. The van der Waals surface area contributed by atoms with Crippen LogP contribution in [0.4, 0.5) is 4.39 Å². The van der Waals surface area contributed by atoms with Gasteiger partial charge in [-0.3, -0.25) is 4.79 Å². The van der Waals surface area contributed by atoms with E-state index < -0.39 is 42.9 Å². The molecule has 25 heavy (non-hydrogen) atoms. The van der Waals surface area contributed by atoms with Crippen LogP contribution in [-0.4, -0.2) is 51.5 Å². The fraction of sp³-hybridized carbons (Fsp3) is 0.562. The number of halogens is 1. The third-order valence-electron chi connectivity index (χ3n) is 3.74. The number of carbonyl (C=O) groups is 1. The summed E-state index contributed by atoms with van der Waals surface area (Å²) in [6.45, 7) is 2.60. The maximum Gasteiger partial charge on any atom is 0.220 e. The Morgan fingerprint density at radius 3 is 2.28 bits per heavy atom. The van der Waals surface area contributed by atoms with Crippen molar-refractivity contribution in [1.82, 2.24) is 5.32 Å². The summed E-state index contributed by atoms with van der Waals surface area (Å²) in [5, 5.41) is 12.7. The van der Waals surface area contributed by atoms with Crippen molar-refractivity contribution in [2.75, 3.05) is 12.9 Å². The highest BCUT2D eigenvalue weighted by atomic mass is 32.2. The van der Waals surface area contributed by atoms with E-state index >= 15 is 0 Å². The molecule has 0 spiro atoms. The summed E-state index contributed by atoms with van der Waals surface area (Å²) in [6, 6.07) is 4.91. The standard InChI is InChI=1S/C16H26FNO5SSi/c1-24(21,22)13-8-6-12(7-9-13)16(20)14(11-17)18-15(19)5-4-10-25(2,3)23/h6-9,14,16,20,23H,4-5,10-11H2,1-3H3,(H,18,19). The lowest BCUT2D eigenvalue weighted by Crippen LogP contribution is -2.41. The van der Waals surface area contributed by atoms with Crippen LogP contribution in [0, 0.1) is 0 Å². The van der Waals surface area contributed by atoms with E-state index in [0.717, 1.165) is 6.26 Å². The van der Waals surface area contributed by atoms with Crippen molar-refractivity contribution in [2.24, 2.45) is 0 Å². The van der Waals surface area contributed by atoms with Gasteiger partial charge in [-0.25, -0.2) is 12.8 Å². The molecule has 142 valence electrons. The van der Waals surface area contributed by atoms with Crippen LogP contribution in [0.1, 0.15) is 24.5 Å². The van der Waals surface area contributed by atoms with Gasteiger partial charge < -0.3 is 15.2 Å². The van der Waals surface area contributed by atoms with Gasteiger partial charge in [0.2, 0.25) is 5.91 Å². The highest BCUT2D eigenvalue weighted by Gasteiger charge is 2.24. The molecule has 6 nitrogen and oxygen atoms in total. The summed E-state index contributed by atoms with van der Waals surface area (Å²) in [5.74, 6) is -0.396. The first kappa shape index (κ1) is 21.7. The second-order valence-corrected chi connectivity index (χ2v) is 12.9. The number of rotatable bonds is 9. The summed E-state index contributed by atoms with van der Waals surface area (Å²) in [7, 11) is -5.58. The molecule has 0 fully saturated rings. The zero-order chi connectivity index (χ0) is 19.3. The molecule has 1 aromatic rings. The van der Waals surface area contributed by atoms with E-state index in [0.29, 0.717) is 18.0 Å².